The largest absolute Gasteiger partial charge is 0.493 e. The van der Waals surface area contributed by atoms with E-state index in [0.717, 1.165) is 29.3 Å². The van der Waals surface area contributed by atoms with Crippen molar-refractivity contribution in [1.29, 1.82) is 0 Å². The molecule has 1 N–H and O–H groups in total. The van der Waals surface area contributed by atoms with Gasteiger partial charge >= 0.3 is 0 Å². The van der Waals surface area contributed by atoms with Crippen LogP contribution in [0.25, 0.3) is 0 Å². The quantitative estimate of drug-likeness (QED) is 0.851. The number of rotatable bonds is 7. The summed E-state index contributed by atoms with van der Waals surface area (Å²) in [5.41, 5.74) is 1.98. The van der Waals surface area contributed by atoms with Crippen LogP contribution in [0.2, 0.25) is 0 Å². The maximum atomic E-state index is 5.95. The first-order chi connectivity index (χ1) is 10.1. The van der Waals surface area contributed by atoms with Crippen molar-refractivity contribution in [2.24, 2.45) is 7.05 Å². The average Bonchev–Trinajstić information content (AvgIpc) is 2.88. The summed E-state index contributed by atoms with van der Waals surface area (Å²) in [5.74, 6) is 1.52. The van der Waals surface area contributed by atoms with Gasteiger partial charge in [0.1, 0.15) is 6.61 Å². The van der Waals surface area contributed by atoms with E-state index >= 15 is 0 Å². The minimum Gasteiger partial charge on any atom is -0.493 e. The number of ether oxygens (including phenoxy) is 2. The number of nitrogens with zero attached hydrogens (tertiary/aromatic N) is 2. The van der Waals surface area contributed by atoms with Crippen molar-refractivity contribution in [3.63, 3.8) is 0 Å². The van der Waals surface area contributed by atoms with Crippen molar-refractivity contribution < 1.29 is 9.47 Å². The van der Waals surface area contributed by atoms with Crippen LogP contribution in [0.15, 0.2) is 30.5 Å². The molecular weight excluding hydrogens is 266 g/mol. The first-order valence-corrected chi connectivity index (χ1v) is 7.10. The lowest BCUT2D eigenvalue weighted by molar-refractivity contribution is 0.275. The molecule has 0 aliphatic rings. The summed E-state index contributed by atoms with van der Waals surface area (Å²) in [7, 11) is 3.55. The molecule has 0 saturated heterocycles. The summed E-state index contributed by atoms with van der Waals surface area (Å²) in [4.78, 5) is 0. The topological polar surface area (TPSA) is 48.3 Å². The van der Waals surface area contributed by atoms with Gasteiger partial charge < -0.3 is 14.8 Å². The Bertz CT molecular complexity index is 579. The van der Waals surface area contributed by atoms with Gasteiger partial charge in [-0.05, 0) is 12.1 Å². The zero-order valence-electron chi connectivity index (χ0n) is 13.1. The number of para-hydroxylation sites is 1. The van der Waals surface area contributed by atoms with Crippen molar-refractivity contribution in [3.05, 3.63) is 41.7 Å². The summed E-state index contributed by atoms with van der Waals surface area (Å²) in [5, 5.41) is 7.72. The molecule has 0 saturated carbocycles. The molecule has 0 aliphatic carbocycles. The van der Waals surface area contributed by atoms with Gasteiger partial charge in [-0.3, -0.25) is 4.68 Å². The minimum atomic E-state index is 0.417. The molecule has 0 bridgehead atoms. The second kappa shape index (κ2) is 7.13. The lowest BCUT2D eigenvalue weighted by Gasteiger charge is -2.16. The number of methoxy groups -OCH3 is 1. The van der Waals surface area contributed by atoms with Crippen LogP contribution in [0.3, 0.4) is 0 Å². The fraction of sp³-hybridized carbons (Fsp3) is 0.438. The first kappa shape index (κ1) is 15.4. The number of nitrogens with one attached hydrogen (secondary N) is 1. The zero-order chi connectivity index (χ0) is 15.2. The predicted molar refractivity (Wildman–Crippen MR) is 82.5 cm³/mol. The van der Waals surface area contributed by atoms with Gasteiger partial charge in [0.25, 0.3) is 0 Å². The fourth-order valence-corrected chi connectivity index (χ4v) is 2.03. The van der Waals surface area contributed by atoms with Crippen molar-refractivity contribution in [1.82, 2.24) is 15.1 Å². The Kier molecular flexibility index (Phi) is 5.22. The monoisotopic (exact) mass is 289 g/mol. The number of aryl methyl sites for hydroxylation is 1. The third-order valence-corrected chi connectivity index (χ3v) is 3.11. The summed E-state index contributed by atoms with van der Waals surface area (Å²) >= 11 is 0. The number of benzene rings is 1. The molecule has 0 radical (unpaired) electrons. The molecule has 5 heteroatoms. The van der Waals surface area contributed by atoms with Crippen LogP contribution in [0.5, 0.6) is 11.5 Å². The summed E-state index contributed by atoms with van der Waals surface area (Å²) < 4.78 is 13.1. The number of hydrogen-bond acceptors (Lipinski definition) is 4. The van der Waals surface area contributed by atoms with Crippen molar-refractivity contribution in [3.8, 4) is 11.5 Å². The van der Waals surface area contributed by atoms with Gasteiger partial charge in [-0.1, -0.05) is 26.0 Å². The van der Waals surface area contributed by atoms with E-state index in [9.17, 15) is 0 Å². The molecule has 0 amide bonds. The molecule has 21 heavy (non-hydrogen) atoms. The highest BCUT2D eigenvalue weighted by Gasteiger charge is 2.11. The lowest BCUT2D eigenvalue weighted by atomic mass is 10.1. The average molecular weight is 289 g/mol. The van der Waals surface area contributed by atoms with E-state index in [1.165, 1.54) is 0 Å². The predicted octanol–water partition coefficient (Wildman–Crippen LogP) is 2.51. The smallest absolute Gasteiger partial charge is 0.166 e. The van der Waals surface area contributed by atoms with Crippen LogP contribution in [-0.2, 0) is 20.2 Å². The maximum Gasteiger partial charge on any atom is 0.166 e. The standard InChI is InChI=1S/C16H23N3O2/c1-12(2)17-10-13-6-5-7-15(20-4)16(13)21-11-14-8-9-19(3)18-14/h5-9,12,17H,10-11H2,1-4H3. The van der Waals surface area contributed by atoms with E-state index in [0.29, 0.717) is 12.6 Å². The molecule has 2 rings (SSSR count). The van der Waals surface area contributed by atoms with E-state index in [-0.39, 0.29) is 0 Å². The van der Waals surface area contributed by atoms with Gasteiger partial charge in [0.2, 0.25) is 0 Å². The normalized spacial score (nSPS) is 10.9. The fourth-order valence-electron chi connectivity index (χ4n) is 2.03. The molecular formula is C16H23N3O2. The van der Waals surface area contributed by atoms with E-state index in [4.69, 9.17) is 9.47 Å². The van der Waals surface area contributed by atoms with Crippen LogP contribution in [-0.4, -0.2) is 22.9 Å². The van der Waals surface area contributed by atoms with Crippen LogP contribution < -0.4 is 14.8 Å². The maximum absolute atomic E-state index is 5.95. The molecule has 1 heterocycles. The molecule has 0 aliphatic heterocycles. The van der Waals surface area contributed by atoms with Gasteiger partial charge in [0.15, 0.2) is 11.5 Å². The zero-order valence-corrected chi connectivity index (χ0v) is 13.1. The molecule has 2 aromatic rings. The van der Waals surface area contributed by atoms with Crippen LogP contribution in [0.1, 0.15) is 25.1 Å². The van der Waals surface area contributed by atoms with Crippen LogP contribution in [0, 0.1) is 0 Å². The highest BCUT2D eigenvalue weighted by atomic mass is 16.5. The Morgan fingerprint density at radius 3 is 2.71 bits per heavy atom. The molecule has 0 unspecified atom stereocenters. The van der Waals surface area contributed by atoms with Gasteiger partial charge in [-0.25, -0.2) is 0 Å². The molecule has 1 aromatic carbocycles. The Morgan fingerprint density at radius 1 is 1.29 bits per heavy atom. The summed E-state index contributed by atoms with van der Waals surface area (Å²) in [6, 6.07) is 8.30. The molecule has 5 nitrogen and oxygen atoms in total. The molecule has 114 valence electrons. The van der Waals surface area contributed by atoms with E-state index in [1.54, 1.807) is 11.8 Å². The van der Waals surface area contributed by atoms with E-state index < -0.39 is 0 Å². The number of hydrogen-bond donors (Lipinski definition) is 1. The third-order valence-electron chi connectivity index (χ3n) is 3.11. The Hall–Kier alpha value is -2.01. The van der Waals surface area contributed by atoms with E-state index in [1.807, 2.05) is 37.5 Å². The molecule has 0 atom stereocenters. The molecule has 1 aromatic heterocycles. The third kappa shape index (κ3) is 4.23. The van der Waals surface area contributed by atoms with Crippen molar-refractivity contribution >= 4 is 0 Å². The SMILES string of the molecule is COc1cccc(CNC(C)C)c1OCc1ccn(C)n1. The van der Waals surface area contributed by atoms with Gasteiger partial charge in [0.05, 0.1) is 12.8 Å². The first-order valence-electron chi connectivity index (χ1n) is 7.10. The summed E-state index contributed by atoms with van der Waals surface area (Å²) in [6.45, 7) is 5.41. The summed E-state index contributed by atoms with van der Waals surface area (Å²) in [6.07, 6.45) is 1.90. The van der Waals surface area contributed by atoms with Gasteiger partial charge in [-0.15, -0.1) is 0 Å². The van der Waals surface area contributed by atoms with Crippen molar-refractivity contribution in [2.45, 2.75) is 33.0 Å². The second-order valence-corrected chi connectivity index (χ2v) is 5.25. The Balaban J connectivity index is 2.14. The Labute approximate surface area is 125 Å². The van der Waals surface area contributed by atoms with Crippen molar-refractivity contribution in [2.75, 3.05) is 7.11 Å². The Morgan fingerprint density at radius 2 is 2.10 bits per heavy atom. The van der Waals surface area contributed by atoms with E-state index in [2.05, 4.69) is 24.3 Å². The van der Waals surface area contributed by atoms with Gasteiger partial charge in [0, 0.05) is 31.4 Å². The highest BCUT2D eigenvalue weighted by molar-refractivity contribution is 5.46. The molecule has 0 fully saturated rings. The van der Waals surface area contributed by atoms with Crippen LogP contribution in [0.4, 0.5) is 0 Å². The van der Waals surface area contributed by atoms with Gasteiger partial charge in [-0.2, -0.15) is 5.10 Å². The van der Waals surface area contributed by atoms with Crippen LogP contribution >= 0.6 is 0 Å². The number of aromatic nitrogens is 2. The lowest BCUT2D eigenvalue weighted by Crippen LogP contribution is -2.22. The second-order valence-electron chi connectivity index (χ2n) is 5.25. The molecule has 0 spiro atoms. The highest BCUT2D eigenvalue weighted by Crippen LogP contribution is 2.31. The minimum absolute atomic E-state index is 0.417.